The van der Waals surface area contributed by atoms with Gasteiger partial charge in [0, 0.05) is 57.9 Å². The van der Waals surface area contributed by atoms with E-state index >= 15 is 0 Å². The van der Waals surface area contributed by atoms with Crippen LogP contribution in [0.15, 0.2) is 47.5 Å². The SMILES string of the molecule is CSc1ccccc1N1CCN(CCCNc2ncccc2C(=O)N(C)C)CC1.Cl. The van der Waals surface area contributed by atoms with Crippen molar-refractivity contribution in [2.75, 3.05) is 69.8 Å². The van der Waals surface area contributed by atoms with Crippen LogP contribution in [0.1, 0.15) is 16.8 Å². The van der Waals surface area contributed by atoms with E-state index in [0.717, 1.165) is 45.7 Å². The van der Waals surface area contributed by atoms with E-state index in [0.29, 0.717) is 11.4 Å². The fraction of sp³-hybridized carbons (Fsp3) is 0.455. The Kier molecular flexibility index (Phi) is 9.75. The minimum absolute atomic E-state index is 0. The smallest absolute Gasteiger partial charge is 0.257 e. The summed E-state index contributed by atoms with van der Waals surface area (Å²) in [6, 6.07) is 12.3. The highest BCUT2D eigenvalue weighted by Gasteiger charge is 2.19. The van der Waals surface area contributed by atoms with E-state index in [1.165, 1.54) is 10.6 Å². The second-order valence-electron chi connectivity index (χ2n) is 7.38. The summed E-state index contributed by atoms with van der Waals surface area (Å²) in [7, 11) is 3.52. The van der Waals surface area contributed by atoms with Crippen molar-refractivity contribution in [2.45, 2.75) is 11.3 Å². The zero-order valence-electron chi connectivity index (χ0n) is 18.0. The molecule has 2 heterocycles. The molecule has 0 saturated carbocycles. The van der Waals surface area contributed by atoms with Crippen LogP contribution < -0.4 is 10.2 Å². The Hall–Kier alpha value is -1.96. The van der Waals surface area contributed by atoms with Crippen molar-refractivity contribution in [1.29, 1.82) is 0 Å². The molecule has 8 heteroatoms. The lowest BCUT2D eigenvalue weighted by Crippen LogP contribution is -2.47. The summed E-state index contributed by atoms with van der Waals surface area (Å²) in [5.41, 5.74) is 1.98. The molecule has 1 saturated heterocycles. The number of halogens is 1. The molecule has 1 aliphatic rings. The van der Waals surface area contributed by atoms with Gasteiger partial charge in [-0.25, -0.2) is 4.98 Å². The van der Waals surface area contributed by atoms with E-state index < -0.39 is 0 Å². The third kappa shape index (κ3) is 6.27. The molecule has 164 valence electrons. The Morgan fingerprint density at radius 2 is 1.87 bits per heavy atom. The molecule has 0 spiro atoms. The number of para-hydroxylation sites is 1. The minimum Gasteiger partial charge on any atom is -0.369 e. The topological polar surface area (TPSA) is 51.7 Å². The standard InChI is InChI=1S/C22H31N5OS.ClH/c1-25(2)22(28)18-8-6-11-23-21(18)24-12-7-13-26-14-16-27(17-15-26)19-9-4-5-10-20(19)29-3;/h4-6,8-11H,7,12-17H2,1-3H3,(H,23,24);1H. The fourth-order valence-corrected chi connectivity index (χ4v) is 4.19. The molecule has 1 fully saturated rings. The van der Waals surface area contributed by atoms with Gasteiger partial charge in [-0.05, 0) is 43.5 Å². The van der Waals surface area contributed by atoms with E-state index in [1.807, 2.05) is 17.8 Å². The molecule has 1 aromatic carbocycles. The van der Waals surface area contributed by atoms with E-state index in [2.05, 4.69) is 50.6 Å². The number of piperazine rings is 1. The molecule has 6 nitrogen and oxygen atoms in total. The van der Waals surface area contributed by atoms with Crippen molar-refractivity contribution in [2.24, 2.45) is 0 Å². The van der Waals surface area contributed by atoms with Crippen LogP contribution in [0, 0.1) is 0 Å². The lowest BCUT2D eigenvalue weighted by molar-refractivity contribution is 0.0828. The zero-order valence-corrected chi connectivity index (χ0v) is 19.6. The van der Waals surface area contributed by atoms with Crippen molar-refractivity contribution in [1.82, 2.24) is 14.8 Å². The third-order valence-corrected chi connectivity index (χ3v) is 5.97. The van der Waals surface area contributed by atoms with Gasteiger partial charge in [-0.3, -0.25) is 9.69 Å². The Bertz CT molecular complexity index is 812. The molecule has 1 N–H and O–H groups in total. The molecule has 0 aliphatic carbocycles. The Balaban J connectivity index is 0.00000320. The number of carbonyl (C=O) groups is 1. The van der Waals surface area contributed by atoms with E-state index in [-0.39, 0.29) is 18.3 Å². The van der Waals surface area contributed by atoms with Gasteiger partial charge in [0.15, 0.2) is 0 Å². The maximum absolute atomic E-state index is 12.3. The van der Waals surface area contributed by atoms with Gasteiger partial charge >= 0.3 is 0 Å². The van der Waals surface area contributed by atoms with Crippen LogP contribution in [0.25, 0.3) is 0 Å². The Morgan fingerprint density at radius 1 is 1.13 bits per heavy atom. The summed E-state index contributed by atoms with van der Waals surface area (Å²) in [4.78, 5) is 24.6. The summed E-state index contributed by atoms with van der Waals surface area (Å²) < 4.78 is 0. The number of hydrogen-bond donors (Lipinski definition) is 1. The van der Waals surface area contributed by atoms with Crippen molar-refractivity contribution in [3.8, 4) is 0 Å². The van der Waals surface area contributed by atoms with Crippen molar-refractivity contribution in [3.05, 3.63) is 48.2 Å². The summed E-state index contributed by atoms with van der Waals surface area (Å²) in [6.07, 6.45) is 4.88. The normalized spacial score (nSPS) is 14.2. The van der Waals surface area contributed by atoms with Gasteiger partial charge in [0.1, 0.15) is 5.82 Å². The van der Waals surface area contributed by atoms with Crippen molar-refractivity contribution >= 4 is 41.6 Å². The number of aromatic nitrogens is 1. The van der Waals surface area contributed by atoms with Crippen LogP contribution >= 0.6 is 24.2 Å². The van der Waals surface area contributed by atoms with Crippen molar-refractivity contribution < 1.29 is 4.79 Å². The van der Waals surface area contributed by atoms with E-state index in [4.69, 9.17) is 0 Å². The molecular formula is C22H32ClN5OS. The van der Waals surface area contributed by atoms with Crippen LogP contribution in [-0.4, -0.2) is 80.3 Å². The molecule has 30 heavy (non-hydrogen) atoms. The van der Waals surface area contributed by atoms with E-state index in [9.17, 15) is 4.79 Å². The molecule has 0 unspecified atom stereocenters. The molecule has 1 amide bonds. The first kappa shape index (κ1) is 24.3. The molecule has 3 rings (SSSR count). The number of anilines is 2. The number of amides is 1. The second-order valence-corrected chi connectivity index (χ2v) is 8.23. The fourth-order valence-electron chi connectivity index (χ4n) is 3.57. The number of pyridine rings is 1. The first-order valence-electron chi connectivity index (χ1n) is 10.1. The minimum atomic E-state index is -0.0257. The van der Waals surface area contributed by atoms with Gasteiger partial charge in [-0.1, -0.05) is 12.1 Å². The predicted octanol–water partition coefficient (Wildman–Crippen LogP) is 3.55. The molecule has 0 atom stereocenters. The summed E-state index contributed by atoms with van der Waals surface area (Å²) in [5.74, 6) is 0.645. The molecule has 1 aliphatic heterocycles. The molecule has 1 aromatic heterocycles. The highest BCUT2D eigenvalue weighted by Crippen LogP contribution is 2.29. The number of rotatable bonds is 8. The summed E-state index contributed by atoms with van der Waals surface area (Å²) in [5, 5.41) is 3.34. The third-order valence-electron chi connectivity index (χ3n) is 5.19. The number of nitrogens with zero attached hydrogens (tertiary/aromatic N) is 4. The average Bonchev–Trinajstić information content (AvgIpc) is 2.77. The number of nitrogens with one attached hydrogen (secondary N) is 1. The average molecular weight is 450 g/mol. The van der Waals surface area contributed by atoms with Gasteiger partial charge in [0.05, 0.1) is 11.3 Å². The lowest BCUT2D eigenvalue weighted by atomic mass is 10.2. The maximum atomic E-state index is 12.3. The van der Waals surface area contributed by atoms with Crippen LogP contribution in [0.5, 0.6) is 0 Å². The van der Waals surface area contributed by atoms with Gasteiger partial charge in [-0.2, -0.15) is 0 Å². The zero-order chi connectivity index (χ0) is 20.6. The number of benzene rings is 1. The monoisotopic (exact) mass is 449 g/mol. The molecule has 0 radical (unpaired) electrons. The van der Waals surface area contributed by atoms with Gasteiger partial charge < -0.3 is 15.1 Å². The largest absolute Gasteiger partial charge is 0.369 e. The number of hydrogen-bond acceptors (Lipinski definition) is 6. The Labute approximate surface area is 190 Å². The summed E-state index contributed by atoms with van der Waals surface area (Å²) in [6.45, 7) is 6.14. The highest BCUT2D eigenvalue weighted by molar-refractivity contribution is 7.98. The first-order valence-corrected chi connectivity index (χ1v) is 11.3. The maximum Gasteiger partial charge on any atom is 0.257 e. The predicted molar refractivity (Wildman–Crippen MR) is 129 cm³/mol. The van der Waals surface area contributed by atoms with Gasteiger partial charge in [0.2, 0.25) is 0 Å². The molecule has 0 bridgehead atoms. The molecule has 2 aromatic rings. The van der Waals surface area contributed by atoms with E-state index in [1.54, 1.807) is 31.3 Å². The van der Waals surface area contributed by atoms with Crippen LogP contribution in [-0.2, 0) is 0 Å². The second kappa shape index (κ2) is 12.0. The lowest BCUT2D eigenvalue weighted by Gasteiger charge is -2.36. The Morgan fingerprint density at radius 3 is 2.57 bits per heavy atom. The quantitative estimate of drug-likeness (QED) is 0.491. The van der Waals surface area contributed by atoms with Gasteiger partial charge in [0.25, 0.3) is 5.91 Å². The summed E-state index contributed by atoms with van der Waals surface area (Å²) >= 11 is 1.81. The van der Waals surface area contributed by atoms with Gasteiger partial charge in [-0.15, -0.1) is 24.2 Å². The molecular weight excluding hydrogens is 418 g/mol. The van der Waals surface area contributed by atoms with Crippen LogP contribution in [0.3, 0.4) is 0 Å². The first-order chi connectivity index (χ1) is 14.1. The van der Waals surface area contributed by atoms with Crippen LogP contribution in [0.2, 0.25) is 0 Å². The number of thioether (sulfide) groups is 1. The highest BCUT2D eigenvalue weighted by atomic mass is 35.5. The van der Waals surface area contributed by atoms with Crippen LogP contribution in [0.4, 0.5) is 11.5 Å². The number of carbonyl (C=O) groups excluding carboxylic acids is 1. The van der Waals surface area contributed by atoms with Crippen molar-refractivity contribution in [3.63, 3.8) is 0 Å².